The molecular formula is C17H29N5O2. The van der Waals surface area contributed by atoms with E-state index in [2.05, 4.69) is 34.2 Å². The zero-order valence-electron chi connectivity index (χ0n) is 15.6. The molecule has 0 saturated carbocycles. The van der Waals surface area contributed by atoms with Crippen molar-refractivity contribution in [1.82, 2.24) is 20.0 Å². The third-order valence-corrected chi connectivity index (χ3v) is 4.94. The van der Waals surface area contributed by atoms with Crippen molar-refractivity contribution in [3.8, 4) is 0 Å². The van der Waals surface area contributed by atoms with Gasteiger partial charge in [-0.05, 0) is 31.7 Å². The number of rotatable bonds is 4. The number of nitrogens with one attached hydrogen (secondary N) is 1. The Hall–Kier alpha value is -2.05. The lowest BCUT2D eigenvalue weighted by Crippen LogP contribution is -2.41. The summed E-state index contributed by atoms with van der Waals surface area (Å²) < 4.78 is 6.82. The number of hydrogen-bond donors (Lipinski definition) is 1. The molecule has 1 saturated heterocycles. The number of likely N-dealkylation sites (tertiary alicyclic amines) is 1. The molecule has 1 aromatic heterocycles. The molecule has 1 aliphatic heterocycles. The van der Waals surface area contributed by atoms with Crippen LogP contribution in [0.25, 0.3) is 0 Å². The van der Waals surface area contributed by atoms with Gasteiger partial charge >= 0.3 is 5.97 Å². The van der Waals surface area contributed by atoms with Crippen LogP contribution in [0.2, 0.25) is 0 Å². The number of guanidine groups is 1. The molecule has 7 nitrogen and oxygen atoms in total. The summed E-state index contributed by atoms with van der Waals surface area (Å²) in [5, 5.41) is 7.86. The Morgan fingerprint density at radius 3 is 2.67 bits per heavy atom. The number of nitrogens with zero attached hydrogens (tertiary/aromatic N) is 4. The normalized spacial score (nSPS) is 21.2. The molecule has 24 heavy (non-hydrogen) atoms. The fourth-order valence-corrected chi connectivity index (χ4v) is 3.41. The minimum Gasteiger partial charge on any atom is -0.469 e. The van der Waals surface area contributed by atoms with Crippen molar-refractivity contribution < 1.29 is 9.53 Å². The average Bonchev–Trinajstić information content (AvgIpc) is 3.05. The topological polar surface area (TPSA) is 71.8 Å². The van der Waals surface area contributed by atoms with E-state index in [4.69, 9.17) is 4.74 Å². The Bertz CT molecular complexity index is 623. The Morgan fingerprint density at radius 1 is 1.42 bits per heavy atom. The van der Waals surface area contributed by atoms with E-state index >= 15 is 0 Å². The van der Waals surface area contributed by atoms with Gasteiger partial charge in [-0.25, -0.2) is 0 Å². The number of aryl methyl sites for hydroxylation is 2. The number of methoxy groups -OCH3 is 1. The maximum Gasteiger partial charge on any atom is 0.310 e. The largest absolute Gasteiger partial charge is 0.469 e. The number of aliphatic imine (C=N–C) groups is 1. The maximum absolute atomic E-state index is 11.8. The van der Waals surface area contributed by atoms with Crippen molar-refractivity contribution >= 4 is 11.9 Å². The molecule has 1 aromatic rings. The quantitative estimate of drug-likeness (QED) is 0.503. The SMILES string of the molecule is CN=C(NCCc1c(C)nn(C)c1C)N1CC(C)C(C(=O)OC)C1. The molecule has 1 fully saturated rings. The van der Waals surface area contributed by atoms with Gasteiger partial charge in [0.25, 0.3) is 0 Å². The monoisotopic (exact) mass is 335 g/mol. The molecule has 0 amide bonds. The molecule has 7 heteroatoms. The first-order chi connectivity index (χ1) is 11.4. The molecule has 134 valence electrons. The zero-order chi connectivity index (χ0) is 17.9. The van der Waals surface area contributed by atoms with Gasteiger partial charge in [0.2, 0.25) is 0 Å². The molecule has 2 rings (SSSR count). The highest BCUT2D eigenvalue weighted by Crippen LogP contribution is 2.24. The summed E-state index contributed by atoms with van der Waals surface area (Å²) in [6.07, 6.45) is 0.897. The molecule has 2 unspecified atom stereocenters. The third-order valence-electron chi connectivity index (χ3n) is 4.94. The van der Waals surface area contributed by atoms with Crippen molar-refractivity contribution in [1.29, 1.82) is 0 Å². The van der Waals surface area contributed by atoms with Crippen molar-refractivity contribution in [3.05, 3.63) is 17.0 Å². The second kappa shape index (κ2) is 7.68. The molecule has 2 atom stereocenters. The van der Waals surface area contributed by atoms with Crippen molar-refractivity contribution in [2.75, 3.05) is 33.8 Å². The van der Waals surface area contributed by atoms with E-state index in [-0.39, 0.29) is 17.8 Å². The van der Waals surface area contributed by atoms with Gasteiger partial charge in [0.15, 0.2) is 5.96 Å². The number of ether oxygens (including phenoxy) is 1. The van der Waals surface area contributed by atoms with E-state index in [1.165, 1.54) is 18.4 Å². The van der Waals surface area contributed by atoms with Gasteiger partial charge in [0.05, 0.1) is 18.7 Å². The van der Waals surface area contributed by atoms with Crippen molar-refractivity contribution in [2.45, 2.75) is 27.2 Å². The van der Waals surface area contributed by atoms with Crippen LogP contribution in [0.3, 0.4) is 0 Å². The summed E-state index contributed by atoms with van der Waals surface area (Å²) in [6, 6.07) is 0. The molecule has 2 heterocycles. The van der Waals surface area contributed by atoms with E-state index < -0.39 is 0 Å². The Labute approximate surface area is 144 Å². The van der Waals surface area contributed by atoms with Gasteiger partial charge < -0.3 is 15.0 Å². The highest BCUT2D eigenvalue weighted by atomic mass is 16.5. The van der Waals surface area contributed by atoms with Crippen molar-refractivity contribution in [2.24, 2.45) is 23.9 Å². The van der Waals surface area contributed by atoms with Gasteiger partial charge in [-0.1, -0.05) is 6.92 Å². The lowest BCUT2D eigenvalue weighted by molar-refractivity contribution is -0.145. The number of aromatic nitrogens is 2. The summed E-state index contributed by atoms with van der Waals surface area (Å²) in [5.41, 5.74) is 3.56. The summed E-state index contributed by atoms with van der Waals surface area (Å²) >= 11 is 0. The van der Waals surface area contributed by atoms with E-state index in [0.717, 1.165) is 31.2 Å². The Balaban J connectivity index is 1.93. The van der Waals surface area contributed by atoms with Gasteiger partial charge in [-0.2, -0.15) is 5.10 Å². The van der Waals surface area contributed by atoms with E-state index in [0.29, 0.717) is 6.54 Å². The van der Waals surface area contributed by atoms with Crippen LogP contribution in [0.4, 0.5) is 0 Å². The number of hydrogen-bond acceptors (Lipinski definition) is 4. The maximum atomic E-state index is 11.8. The average molecular weight is 335 g/mol. The smallest absolute Gasteiger partial charge is 0.310 e. The first kappa shape index (κ1) is 18.3. The number of esters is 1. The highest BCUT2D eigenvalue weighted by Gasteiger charge is 2.36. The number of carbonyl (C=O) groups excluding carboxylic acids is 1. The van der Waals surface area contributed by atoms with Crippen LogP contribution in [-0.2, 0) is 23.0 Å². The fourth-order valence-electron chi connectivity index (χ4n) is 3.41. The lowest BCUT2D eigenvalue weighted by Gasteiger charge is -2.21. The van der Waals surface area contributed by atoms with Crippen LogP contribution >= 0.6 is 0 Å². The lowest BCUT2D eigenvalue weighted by atomic mass is 9.99. The van der Waals surface area contributed by atoms with E-state index in [1.54, 1.807) is 7.05 Å². The summed E-state index contributed by atoms with van der Waals surface area (Å²) in [6.45, 7) is 8.46. The van der Waals surface area contributed by atoms with Crippen LogP contribution in [-0.4, -0.2) is 60.4 Å². The van der Waals surface area contributed by atoms with Crippen LogP contribution in [0.15, 0.2) is 4.99 Å². The molecule has 0 radical (unpaired) electrons. The molecule has 1 aliphatic rings. The number of carbonyl (C=O) groups is 1. The molecule has 0 bridgehead atoms. The van der Waals surface area contributed by atoms with E-state index in [9.17, 15) is 4.79 Å². The summed E-state index contributed by atoms with van der Waals surface area (Å²) in [4.78, 5) is 18.3. The second-order valence-corrected chi connectivity index (χ2v) is 6.51. The first-order valence-corrected chi connectivity index (χ1v) is 8.41. The standard InChI is InChI=1S/C17H29N5O2/c1-11-9-22(10-15(11)16(23)24-6)17(18-4)19-8-7-14-12(2)20-21(5)13(14)3/h11,15H,7-10H2,1-6H3,(H,18,19). The van der Waals surface area contributed by atoms with Crippen molar-refractivity contribution in [3.63, 3.8) is 0 Å². The minimum atomic E-state index is -0.137. The fraction of sp³-hybridized carbons (Fsp3) is 0.706. The van der Waals surface area contributed by atoms with Crippen LogP contribution in [0.1, 0.15) is 23.9 Å². The molecule has 0 spiro atoms. The van der Waals surface area contributed by atoms with Crippen LogP contribution in [0, 0.1) is 25.7 Å². The van der Waals surface area contributed by atoms with Crippen LogP contribution in [0.5, 0.6) is 0 Å². The third kappa shape index (κ3) is 3.71. The van der Waals surface area contributed by atoms with Gasteiger partial charge in [0.1, 0.15) is 0 Å². The van der Waals surface area contributed by atoms with Gasteiger partial charge in [0, 0.05) is 39.4 Å². The van der Waals surface area contributed by atoms with Crippen LogP contribution < -0.4 is 5.32 Å². The predicted octanol–water partition coefficient (Wildman–Crippen LogP) is 0.896. The molecule has 1 N–H and O–H groups in total. The van der Waals surface area contributed by atoms with E-state index in [1.807, 2.05) is 18.7 Å². The Morgan fingerprint density at radius 2 is 2.12 bits per heavy atom. The van der Waals surface area contributed by atoms with Gasteiger partial charge in [-0.3, -0.25) is 14.5 Å². The molecular weight excluding hydrogens is 306 g/mol. The predicted molar refractivity (Wildman–Crippen MR) is 94.0 cm³/mol. The summed E-state index contributed by atoms with van der Waals surface area (Å²) in [5.74, 6) is 0.879. The Kier molecular flexibility index (Phi) is 5.85. The minimum absolute atomic E-state index is 0.0867. The summed E-state index contributed by atoms with van der Waals surface area (Å²) in [7, 11) is 5.19. The molecule has 0 aliphatic carbocycles. The molecule has 0 aromatic carbocycles. The van der Waals surface area contributed by atoms with Gasteiger partial charge in [-0.15, -0.1) is 0 Å². The highest BCUT2D eigenvalue weighted by molar-refractivity contribution is 5.82. The first-order valence-electron chi connectivity index (χ1n) is 8.41. The second-order valence-electron chi connectivity index (χ2n) is 6.51. The zero-order valence-corrected chi connectivity index (χ0v) is 15.6.